The summed E-state index contributed by atoms with van der Waals surface area (Å²) in [6.07, 6.45) is 2.14. The van der Waals surface area contributed by atoms with Crippen LogP contribution >= 0.6 is 22.9 Å². The van der Waals surface area contributed by atoms with Gasteiger partial charge in [-0.25, -0.2) is 4.79 Å². The zero-order valence-electron chi connectivity index (χ0n) is 10.9. The number of rotatable bonds is 2. The number of likely N-dealkylation sites (tertiary alicyclic amines) is 1. The van der Waals surface area contributed by atoms with Crippen LogP contribution in [0.5, 0.6) is 0 Å². The number of carbonyl (C=O) groups excluding carboxylic acids is 1. The molecule has 104 valence electrons. The van der Waals surface area contributed by atoms with Crippen molar-refractivity contribution in [1.82, 2.24) is 4.90 Å². The molecule has 2 heterocycles. The van der Waals surface area contributed by atoms with Gasteiger partial charge in [0.25, 0.3) is 5.91 Å². The molecule has 1 amide bonds. The second-order valence-electron chi connectivity index (χ2n) is 5.05. The van der Waals surface area contributed by atoms with Gasteiger partial charge in [0.15, 0.2) is 0 Å². The van der Waals surface area contributed by atoms with Crippen molar-refractivity contribution in [2.75, 3.05) is 6.54 Å². The van der Waals surface area contributed by atoms with Crippen molar-refractivity contribution in [3.8, 4) is 0 Å². The highest BCUT2D eigenvalue weighted by molar-refractivity contribution is 7.13. The van der Waals surface area contributed by atoms with Gasteiger partial charge in [0.05, 0.1) is 5.02 Å². The Morgan fingerprint density at radius 1 is 1.47 bits per heavy atom. The predicted octanol–water partition coefficient (Wildman–Crippen LogP) is 3.18. The Morgan fingerprint density at radius 3 is 2.68 bits per heavy atom. The first-order valence-electron chi connectivity index (χ1n) is 6.17. The average Bonchev–Trinajstić information content (AvgIpc) is 2.70. The molecule has 1 fully saturated rings. The molecule has 1 saturated heterocycles. The Hall–Kier alpha value is -1.07. The Kier molecular flexibility index (Phi) is 3.87. The number of hydrogen-bond donors (Lipinski definition) is 1. The van der Waals surface area contributed by atoms with Gasteiger partial charge >= 0.3 is 5.97 Å². The Labute approximate surface area is 121 Å². The predicted molar refractivity (Wildman–Crippen MR) is 75.0 cm³/mol. The fourth-order valence-electron chi connectivity index (χ4n) is 2.37. The van der Waals surface area contributed by atoms with Crippen molar-refractivity contribution in [2.24, 2.45) is 0 Å². The van der Waals surface area contributed by atoms with E-state index in [9.17, 15) is 14.7 Å². The van der Waals surface area contributed by atoms with E-state index in [4.69, 9.17) is 11.6 Å². The highest BCUT2D eigenvalue weighted by Crippen LogP contribution is 2.34. The summed E-state index contributed by atoms with van der Waals surface area (Å²) in [5.41, 5.74) is -0.277. The zero-order valence-corrected chi connectivity index (χ0v) is 12.5. The summed E-state index contributed by atoms with van der Waals surface area (Å²) in [4.78, 5) is 25.9. The number of halogens is 1. The van der Waals surface area contributed by atoms with Crippen LogP contribution in [0.4, 0.5) is 0 Å². The minimum absolute atomic E-state index is 0.271. The smallest absolute Gasteiger partial charge is 0.329 e. The van der Waals surface area contributed by atoms with Gasteiger partial charge in [0, 0.05) is 6.54 Å². The van der Waals surface area contributed by atoms with E-state index < -0.39 is 11.5 Å². The normalized spacial score (nSPS) is 23.4. The van der Waals surface area contributed by atoms with E-state index in [-0.39, 0.29) is 5.91 Å². The fraction of sp³-hybridized carbons (Fsp3) is 0.538. The van der Waals surface area contributed by atoms with Crippen molar-refractivity contribution < 1.29 is 14.7 Å². The molecule has 0 aliphatic carbocycles. The van der Waals surface area contributed by atoms with Gasteiger partial charge < -0.3 is 10.0 Å². The van der Waals surface area contributed by atoms with Crippen LogP contribution in [0.2, 0.25) is 5.02 Å². The van der Waals surface area contributed by atoms with Gasteiger partial charge in [-0.05, 0) is 44.1 Å². The van der Waals surface area contributed by atoms with E-state index in [2.05, 4.69) is 0 Å². The standard InChI is InChI=1S/C13H16ClNO3S/c1-8-7-19-10(9(8)14)11(16)15-6-4-3-5-13(15,2)12(17)18/h7H,3-6H2,1-2H3,(H,17,18). The molecule has 1 N–H and O–H groups in total. The van der Waals surface area contributed by atoms with Crippen LogP contribution in [0.1, 0.15) is 41.4 Å². The molecule has 0 radical (unpaired) electrons. The first kappa shape index (κ1) is 14.3. The number of nitrogens with zero attached hydrogens (tertiary/aromatic N) is 1. The SMILES string of the molecule is Cc1csc(C(=O)N2CCCCC2(C)C(=O)O)c1Cl. The number of hydrogen-bond acceptors (Lipinski definition) is 3. The van der Waals surface area contributed by atoms with E-state index in [0.717, 1.165) is 18.4 Å². The number of piperidine rings is 1. The topological polar surface area (TPSA) is 57.6 Å². The van der Waals surface area contributed by atoms with E-state index in [1.807, 2.05) is 12.3 Å². The summed E-state index contributed by atoms with van der Waals surface area (Å²) in [6, 6.07) is 0. The van der Waals surface area contributed by atoms with E-state index in [1.165, 1.54) is 16.2 Å². The van der Waals surface area contributed by atoms with Crippen molar-refractivity contribution in [1.29, 1.82) is 0 Å². The molecule has 6 heteroatoms. The van der Waals surface area contributed by atoms with Crippen molar-refractivity contribution in [3.05, 3.63) is 20.8 Å². The lowest BCUT2D eigenvalue weighted by molar-refractivity contribution is -0.150. The third kappa shape index (κ3) is 2.37. The molecule has 1 aliphatic heterocycles. The Morgan fingerprint density at radius 2 is 2.16 bits per heavy atom. The second-order valence-corrected chi connectivity index (χ2v) is 6.31. The molecule has 1 aromatic rings. The van der Waals surface area contributed by atoms with Crippen LogP contribution in [-0.4, -0.2) is 34.0 Å². The van der Waals surface area contributed by atoms with Crippen molar-refractivity contribution in [2.45, 2.75) is 38.6 Å². The Bertz CT molecular complexity index is 528. The van der Waals surface area contributed by atoms with Crippen LogP contribution < -0.4 is 0 Å². The first-order valence-corrected chi connectivity index (χ1v) is 7.42. The van der Waals surface area contributed by atoms with Gasteiger partial charge in [-0.1, -0.05) is 11.6 Å². The van der Waals surface area contributed by atoms with Gasteiger partial charge in [-0.15, -0.1) is 11.3 Å². The summed E-state index contributed by atoms with van der Waals surface area (Å²) in [5, 5.41) is 11.7. The second kappa shape index (κ2) is 5.13. The summed E-state index contributed by atoms with van der Waals surface area (Å²) in [6.45, 7) is 3.91. The molecule has 0 aromatic carbocycles. The van der Waals surface area contributed by atoms with Gasteiger partial charge in [-0.3, -0.25) is 4.79 Å². The summed E-state index contributed by atoms with van der Waals surface area (Å²) in [5.74, 6) is -1.22. The maximum atomic E-state index is 12.5. The number of carbonyl (C=O) groups is 2. The zero-order chi connectivity index (χ0) is 14.2. The van der Waals surface area contributed by atoms with E-state index >= 15 is 0 Å². The van der Waals surface area contributed by atoms with Crippen LogP contribution in [0, 0.1) is 6.92 Å². The molecule has 19 heavy (non-hydrogen) atoms. The molecular formula is C13H16ClNO3S. The lowest BCUT2D eigenvalue weighted by Crippen LogP contribution is -2.57. The fourth-order valence-corrected chi connectivity index (χ4v) is 3.59. The number of thiophene rings is 1. The molecule has 1 unspecified atom stereocenters. The molecule has 0 saturated carbocycles. The lowest BCUT2D eigenvalue weighted by Gasteiger charge is -2.41. The third-order valence-corrected chi connectivity index (χ3v) is 5.38. The van der Waals surface area contributed by atoms with Crippen LogP contribution in [0.15, 0.2) is 5.38 Å². The largest absolute Gasteiger partial charge is 0.480 e. The summed E-state index contributed by atoms with van der Waals surface area (Å²) >= 11 is 7.39. The molecule has 1 atom stereocenters. The molecule has 1 aliphatic rings. The minimum atomic E-state index is -1.13. The third-order valence-electron chi connectivity index (χ3n) is 3.69. The van der Waals surface area contributed by atoms with Gasteiger partial charge in [0.2, 0.25) is 0 Å². The van der Waals surface area contributed by atoms with Crippen LogP contribution in [0.25, 0.3) is 0 Å². The summed E-state index contributed by atoms with van der Waals surface area (Å²) < 4.78 is 0. The number of amides is 1. The van der Waals surface area contributed by atoms with Crippen LogP contribution in [-0.2, 0) is 4.79 Å². The molecule has 0 bridgehead atoms. The van der Waals surface area contributed by atoms with E-state index in [0.29, 0.717) is 22.9 Å². The highest BCUT2D eigenvalue weighted by Gasteiger charge is 2.44. The summed E-state index contributed by atoms with van der Waals surface area (Å²) in [7, 11) is 0. The van der Waals surface area contributed by atoms with Gasteiger partial charge in [0.1, 0.15) is 10.4 Å². The molecule has 1 aromatic heterocycles. The van der Waals surface area contributed by atoms with E-state index in [1.54, 1.807) is 6.92 Å². The minimum Gasteiger partial charge on any atom is -0.480 e. The monoisotopic (exact) mass is 301 g/mol. The highest BCUT2D eigenvalue weighted by atomic mass is 35.5. The van der Waals surface area contributed by atoms with Gasteiger partial charge in [-0.2, -0.15) is 0 Å². The number of aliphatic carboxylic acids is 1. The number of aryl methyl sites for hydroxylation is 1. The maximum absolute atomic E-state index is 12.5. The molecule has 4 nitrogen and oxygen atoms in total. The number of carboxylic acids is 1. The quantitative estimate of drug-likeness (QED) is 0.912. The lowest BCUT2D eigenvalue weighted by atomic mass is 9.88. The molecular weight excluding hydrogens is 286 g/mol. The maximum Gasteiger partial charge on any atom is 0.329 e. The molecule has 2 rings (SSSR count). The average molecular weight is 302 g/mol. The first-order chi connectivity index (χ1) is 8.88. The van der Waals surface area contributed by atoms with Crippen molar-refractivity contribution in [3.63, 3.8) is 0 Å². The molecule has 0 spiro atoms. The number of carboxylic acid groups (broad SMARTS) is 1. The Balaban J connectivity index is 2.36. The van der Waals surface area contributed by atoms with Crippen LogP contribution in [0.3, 0.4) is 0 Å². The van der Waals surface area contributed by atoms with Crippen molar-refractivity contribution >= 4 is 34.8 Å².